The highest BCUT2D eigenvalue weighted by Gasteiger charge is 2.44. The molecule has 3 rings (SSSR count). The lowest BCUT2D eigenvalue weighted by Gasteiger charge is -2.18. The molecule has 0 radical (unpaired) electrons. The first-order chi connectivity index (χ1) is 8.98. The lowest BCUT2D eigenvalue weighted by atomic mass is 9.97. The van der Waals surface area contributed by atoms with Crippen molar-refractivity contribution in [2.45, 2.75) is 25.3 Å². The monoisotopic (exact) mass is 298 g/mol. The van der Waals surface area contributed by atoms with Crippen LogP contribution in [0.3, 0.4) is 0 Å². The number of rotatable bonds is 3. The van der Waals surface area contributed by atoms with Gasteiger partial charge in [-0.2, -0.15) is 4.98 Å². The van der Waals surface area contributed by atoms with E-state index < -0.39 is 5.54 Å². The lowest BCUT2D eigenvalue weighted by molar-refractivity contribution is 0.273. The molecule has 0 aromatic carbocycles. The Kier molecular flexibility index (Phi) is 3.00. The Hall–Kier alpha value is -1.17. The Balaban J connectivity index is 1.96. The standard InChI is InChI=1S/C12H12Cl2N4O/c1-12(15,6-2-3-6)11-17-10(18-19-11)9-8(14)4-7(13)5-16-9/h4-6H,2-3,15H2,1H3. The fraction of sp³-hybridized carbons (Fsp3) is 0.417. The molecule has 1 unspecified atom stereocenters. The average molecular weight is 299 g/mol. The van der Waals surface area contributed by atoms with Crippen LogP contribution in [0.2, 0.25) is 10.0 Å². The molecular formula is C12H12Cl2N4O. The van der Waals surface area contributed by atoms with Crippen LogP contribution in [0.25, 0.3) is 11.5 Å². The molecule has 2 aromatic heterocycles. The molecule has 1 aliphatic carbocycles. The molecule has 1 atom stereocenters. The van der Waals surface area contributed by atoms with E-state index in [-0.39, 0.29) is 0 Å². The molecule has 0 amide bonds. The van der Waals surface area contributed by atoms with Crippen LogP contribution in [0, 0.1) is 5.92 Å². The zero-order valence-corrected chi connectivity index (χ0v) is 11.7. The van der Waals surface area contributed by atoms with Gasteiger partial charge in [0, 0.05) is 6.20 Å². The van der Waals surface area contributed by atoms with Gasteiger partial charge >= 0.3 is 0 Å². The van der Waals surface area contributed by atoms with Gasteiger partial charge in [-0.25, -0.2) is 4.98 Å². The van der Waals surface area contributed by atoms with Gasteiger partial charge < -0.3 is 10.3 Å². The van der Waals surface area contributed by atoms with Gasteiger partial charge in [0.25, 0.3) is 0 Å². The van der Waals surface area contributed by atoms with Crippen molar-refractivity contribution >= 4 is 23.2 Å². The number of hydrogen-bond donors (Lipinski definition) is 1. The molecule has 2 heterocycles. The van der Waals surface area contributed by atoms with Gasteiger partial charge in [0.05, 0.1) is 15.6 Å². The summed E-state index contributed by atoms with van der Waals surface area (Å²) in [5.74, 6) is 1.14. The van der Waals surface area contributed by atoms with Gasteiger partial charge in [-0.3, -0.25) is 0 Å². The van der Waals surface area contributed by atoms with Crippen molar-refractivity contribution in [1.29, 1.82) is 0 Å². The van der Waals surface area contributed by atoms with E-state index in [0.29, 0.717) is 33.4 Å². The Labute approximate surface area is 120 Å². The zero-order valence-electron chi connectivity index (χ0n) is 10.2. The molecule has 2 aromatic rings. The third kappa shape index (κ3) is 2.33. The van der Waals surface area contributed by atoms with Crippen LogP contribution in [0.5, 0.6) is 0 Å². The number of pyridine rings is 1. The van der Waals surface area contributed by atoms with Gasteiger partial charge in [-0.05, 0) is 31.7 Å². The van der Waals surface area contributed by atoms with E-state index in [1.807, 2.05) is 6.92 Å². The summed E-state index contributed by atoms with van der Waals surface area (Å²) in [6, 6.07) is 1.59. The lowest BCUT2D eigenvalue weighted by Crippen LogP contribution is -2.35. The fourth-order valence-electron chi connectivity index (χ4n) is 1.98. The second kappa shape index (κ2) is 4.44. The molecule has 2 N–H and O–H groups in total. The highest BCUT2D eigenvalue weighted by Crippen LogP contribution is 2.43. The topological polar surface area (TPSA) is 77.8 Å². The second-order valence-electron chi connectivity index (χ2n) is 4.96. The Bertz CT molecular complexity index is 622. The largest absolute Gasteiger partial charge is 0.337 e. The van der Waals surface area contributed by atoms with Crippen molar-refractivity contribution in [2.75, 3.05) is 0 Å². The molecule has 0 saturated heterocycles. The first-order valence-corrected chi connectivity index (χ1v) is 6.68. The van der Waals surface area contributed by atoms with E-state index in [0.717, 1.165) is 12.8 Å². The zero-order chi connectivity index (χ0) is 13.6. The predicted molar refractivity (Wildman–Crippen MR) is 71.8 cm³/mol. The molecule has 0 aliphatic heterocycles. The third-order valence-corrected chi connectivity index (χ3v) is 3.83. The summed E-state index contributed by atoms with van der Waals surface area (Å²) in [7, 11) is 0. The Morgan fingerprint density at radius 3 is 2.79 bits per heavy atom. The van der Waals surface area contributed by atoms with Crippen LogP contribution in [0.4, 0.5) is 0 Å². The molecule has 1 aliphatic rings. The van der Waals surface area contributed by atoms with Crippen molar-refractivity contribution < 1.29 is 4.52 Å². The molecular weight excluding hydrogens is 287 g/mol. The highest BCUT2D eigenvalue weighted by atomic mass is 35.5. The van der Waals surface area contributed by atoms with Crippen LogP contribution >= 0.6 is 23.2 Å². The third-order valence-electron chi connectivity index (χ3n) is 3.33. The molecule has 7 heteroatoms. The maximum atomic E-state index is 6.23. The summed E-state index contributed by atoms with van der Waals surface area (Å²) in [5.41, 5.74) is 6.07. The van der Waals surface area contributed by atoms with E-state index in [4.69, 9.17) is 33.5 Å². The minimum atomic E-state index is -0.593. The van der Waals surface area contributed by atoms with E-state index in [2.05, 4.69) is 15.1 Å². The summed E-state index contributed by atoms with van der Waals surface area (Å²) in [5, 5.41) is 4.73. The number of halogens is 2. The maximum Gasteiger partial charge on any atom is 0.247 e. The van der Waals surface area contributed by atoms with E-state index in [9.17, 15) is 0 Å². The van der Waals surface area contributed by atoms with E-state index >= 15 is 0 Å². The normalized spacial score (nSPS) is 18.3. The summed E-state index contributed by atoms with van der Waals surface area (Å²) in [6.07, 6.45) is 3.66. The maximum absolute atomic E-state index is 6.23. The van der Waals surface area contributed by atoms with Crippen molar-refractivity contribution in [1.82, 2.24) is 15.1 Å². The van der Waals surface area contributed by atoms with Crippen LogP contribution < -0.4 is 5.73 Å². The summed E-state index contributed by atoms with van der Waals surface area (Å²) < 4.78 is 5.25. The minimum absolute atomic E-state index is 0.328. The van der Waals surface area contributed by atoms with Gasteiger partial charge in [-0.1, -0.05) is 28.4 Å². The van der Waals surface area contributed by atoms with Crippen molar-refractivity contribution in [3.05, 3.63) is 28.2 Å². The van der Waals surface area contributed by atoms with Gasteiger partial charge in [0.15, 0.2) is 0 Å². The van der Waals surface area contributed by atoms with Crippen molar-refractivity contribution in [3.63, 3.8) is 0 Å². The number of nitrogens with zero attached hydrogens (tertiary/aromatic N) is 3. The summed E-state index contributed by atoms with van der Waals surface area (Å²) >= 11 is 11.9. The number of hydrogen-bond acceptors (Lipinski definition) is 5. The number of aromatic nitrogens is 3. The quantitative estimate of drug-likeness (QED) is 0.942. The van der Waals surface area contributed by atoms with Gasteiger partial charge in [0.1, 0.15) is 5.69 Å². The van der Waals surface area contributed by atoms with Crippen molar-refractivity contribution in [3.8, 4) is 11.5 Å². The van der Waals surface area contributed by atoms with Crippen LogP contribution in [0.15, 0.2) is 16.8 Å². The molecule has 1 saturated carbocycles. The van der Waals surface area contributed by atoms with Crippen LogP contribution in [-0.2, 0) is 5.54 Å². The summed E-state index contributed by atoms with van der Waals surface area (Å²) in [4.78, 5) is 8.43. The molecule has 100 valence electrons. The van der Waals surface area contributed by atoms with Gasteiger partial charge in [0.2, 0.25) is 11.7 Å². The van der Waals surface area contributed by atoms with Crippen molar-refractivity contribution in [2.24, 2.45) is 11.7 Å². The average Bonchev–Trinajstić information content (AvgIpc) is 3.09. The molecule has 0 bridgehead atoms. The summed E-state index contributed by atoms with van der Waals surface area (Å²) in [6.45, 7) is 1.90. The second-order valence-corrected chi connectivity index (χ2v) is 5.81. The van der Waals surface area contributed by atoms with E-state index in [1.54, 1.807) is 6.07 Å². The first kappa shape index (κ1) is 12.8. The molecule has 1 fully saturated rings. The Morgan fingerprint density at radius 2 is 2.16 bits per heavy atom. The molecule has 5 nitrogen and oxygen atoms in total. The molecule has 0 spiro atoms. The molecule has 19 heavy (non-hydrogen) atoms. The van der Waals surface area contributed by atoms with Crippen LogP contribution in [0.1, 0.15) is 25.7 Å². The SMILES string of the molecule is CC(N)(c1nc(-c2ncc(Cl)cc2Cl)no1)C1CC1. The van der Waals surface area contributed by atoms with E-state index in [1.165, 1.54) is 6.20 Å². The van der Waals surface area contributed by atoms with Crippen LogP contribution in [-0.4, -0.2) is 15.1 Å². The predicted octanol–water partition coefficient (Wildman–Crippen LogP) is 3.02. The minimum Gasteiger partial charge on any atom is -0.337 e. The fourth-order valence-corrected chi connectivity index (χ4v) is 2.44. The number of nitrogens with two attached hydrogens (primary N) is 1. The Morgan fingerprint density at radius 1 is 1.42 bits per heavy atom. The smallest absolute Gasteiger partial charge is 0.247 e. The van der Waals surface area contributed by atoms with Gasteiger partial charge in [-0.15, -0.1) is 0 Å². The highest BCUT2D eigenvalue weighted by molar-refractivity contribution is 6.35. The first-order valence-electron chi connectivity index (χ1n) is 5.93.